The average molecular weight is 362 g/mol. The topological polar surface area (TPSA) is 98.5 Å². The molecule has 0 aliphatic rings. The summed E-state index contributed by atoms with van der Waals surface area (Å²) in [6, 6.07) is 8.53. The Hall–Kier alpha value is -2.61. The number of thioether (sulfide) groups is 1. The molecule has 2 rings (SSSR count). The first kappa shape index (κ1) is 18.7. The van der Waals surface area contributed by atoms with Gasteiger partial charge in [-0.05, 0) is 41.3 Å². The number of hydrogen-bond donors (Lipinski definition) is 1. The molecule has 0 saturated heterocycles. The quantitative estimate of drug-likeness (QED) is 0.462. The molecule has 7 nitrogen and oxygen atoms in total. The fourth-order valence-electron chi connectivity index (χ4n) is 2.45. The maximum Gasteiger partial charge on any atom is 0.328 e. The van der Waals surface area contributed by atoms with Gasteiger partial charge in [0.05, 0.1) is 12.0 Å². The molecule has 1 N–H and O–H groups in total. The number of benzene rings is 2. The first-order chi connectivity index (χ1) is 12.0. The number of carbonyl (C=O) groups excluding carboxylic acids is 2. The van der Waals surface area contributed by atoms with Crippen molar-refractivity contribution in [1.29, 1.82) is 0 Å². The van der Waals surface area contributed by atoms with E-state index in [1.54, 1.807) is 30.0 Å². The van der Waals surface area contributed by atoms with E-state index in [9.17, 15) is 19.7 Å². The summed E-state index contributed by atoms with van der Waals surface area (Å²) >= 11 is 1.56. The summed E-state index contributed by atoms with van der Waals surface area (Å²) in [5, 5.41) is 14.7. The number of rotatable bonds is 7. The highest BCUT2D eigenvalue weighted by atomic mass is 32.2. The second kappa shape index (κ2) is 8.48. The highest BCUT2D eigenvalue weighted by Gasteiger charge is 2.22. The van der Waals surface area contributed by atoms with E-state index in [2.05, 4.69) is 5.32 Å². The highest BCUT2D eigenvalue weighted by Crippen LogP contribution is 2.24. The molecule has 0 aromatic heterocycles. The van der Waals surface area contributed by atoms with E-state index in [-0.39, 0.29) is 5.69 Å². The van der Waals surface area contributed by atoms with Crippen LogP contribution in [0.15, 0.2) is 36.4 Å². The molecule has 0 aliphatic heterocycles. The molecule has 1 amide bonds. The molecule has 8 heteroatoms. The van der Waals surface area contributed by atoms with Gasteiger partial charge in [0, 0.05) is 17.7 Å². The monoisotopic (exact) mass is 362 g/mol. The van der Waals surface area contributed by atoms with E-state index < -0.39 is 22.8 Å². The van der Waals surface area contributed by atoms with Gasteiger partial charge in [0.25, 0.3) is 11.6 Å². The molecular formula is C17H18N2O5S. The van der Waals surface area contributed by atoms with Crippen LogP contribution in [0.1, 0.15) is 16.8 Å². The molecule has 1 atom stereocenters. The lowest BCUT2D eigenvalue weighted by atomic mass is 10.0. The highest BCUT2D eigenvalue weighted by molar-refractivity contribution is 7.98. The molecule has 0 radical (unpaired) electrons. The standard InChI is InChI=1S/C17H18N2O5S/c1-24-17(21)15(8-9-25-2)18-16(20)14-5-3-4-11-10-12(19(22)23)6-7-13(11)14/h3-7,10,15H,8-9H2,1-2H3,(H,18,20)/t15-/m0/s1. The minimum absolute atomic E-state index is 0.0440. The Balaban J connectivity index is 2.31. The van der Waals surface area contributed by atoms with E-state index in [1.807, 2.05) is 6.26 Å². The minimum Gasteiger partial charge on any atom is -0.467 e. The number of methoxy groups -OCH3 is 1. The van der Waals surface area contributed by atoms with Crippen molar-refractivity contribution in [2.45, 2.75) is 12.5 Å². The van der Waals surface area contributed by atoms with E-state index in [0.29, 0.717) is 28.5 Å². The molecule has 0 bridgehead atoms. The van der Waals surface area contributed by atoms with E-state index >= 15 is 0 Å². The fraction of sp³-hybridized carbons (Fsp3) is 0.294. The second-order valence-electron chi connectivity index (χ2n) is 5.30. The van der Waals surface area contributed by atoms with Crippen molar-refractivity contribution in [2.24, 2.45) is 0 Å². The Kier molecular flexibility index (Phi) is 6.35. The lowest BCUT2D eigenvalue weighted by Crippen LogP contribution is -2.42. The van der Waals surface area contributed by atoms with Gasteiger partial charge in [-0.25, -0.2) is 4.79 Å². The van der Waals surface area contributed by atoms with E-state index in [1.165, 1.54) is 25.3 Å². The molecule has 0 aliphatic carbocycles. The summed E-state index contributed by atoms with van der Waals surface area (Å²) in [5.74, 6) is -0.226. The van der Waals surface area contributed by atoms with Crippen LogP contribution < -0.4 is 5.32 Å². The Morgan fingerprint density at radius 3 is 2.72 bits per heavy atom. The van der Waals surface area contributed by atoms with Gasteiger partial charge >= 0.3 is 5.97 Å². The van der Waals surface area contributed by atoms with Crippen molar-refractivity contribution in [3.63, 3.8) is 0 Å². The third-order valence-corrected chi connectivity index (χ3v) is 4.37. The van der Waals surface area contributed by atoms with Crippen molar-refractivity contribution in [1.82, 2.24) is 5.32 Å². The number of fused-ring (bicyclic) bond motifs is 1. The van der Waals surface area contributed by atoms with Crippen LogP contribution in [-0.4, -0.2) is 42.0 Å². The molecule has 0 fully saturated rings. The summed E-state index contributed by atoms with van der Waals surface area (Å²) in [7, 11) is 1.28. The number of nitrogens with zero attached hydrogens (tertiary/aromatic N) is 1. The number of nitro groups is 1. The van der Waals surface area contributed by atoms with Crippen molar-refractivity contribution in [2.75, 3.05) is 19.1 Å². The van der Waals surface area contributed by atoms with Crippen molar-refractivity contribution < 1.29 is 19.2 Å². The lowest BCUT2D eigenvalue weighted by molar-refractivity contribution is -0.384. The first-order valence-corrected chi connectivity index (χ1v) is 8.92. The number of esters is 1. The molecule has 25 heavy (non-hydrogen) atoms. The number of carbonyl (C=O) groups is 2. The minimum atomic E-state index is -0.738. The Morgan fingerprint density at radius 1 is 1.32 bits per heavy atom. The van der Waals surface area contributed by atoms with E-state index in [0.717, 1.165) is 0 Å². The van der Waals surface area contributed by atoms with Crippen LogP contribution in [0, 0.1) is 10.1 Å². The normalized spacial score (nSPS) is 11.8. The predicted octanol–water partition coefficient (Wildman–Crippen LogP) is 2.77. The van der Waals surface area contributed by atoms with Crippen LogP contribution in [0.2, 0.25) is 0 Å². The summed E-state index contributed by atoms with van der Waals surface area (Å²) in [6.07, 6.45) is 2.36. The largest absolute Gasteiger partial charge is 0.467 e. The number of ether oxygens (including phenoxy) is 1. The van der Waals surface area contributed by atoms with Gasteiger partial charge in [-0.15, -0.1) is 0 Å². The Labute approximate surface area is 148 Å². The number of hydrogen-bond acceptors (Lipinski definition) is 6. The van der Waals surface area contributed by atoms with Crippen LogP contribution in [0.4, 0.5) is 5.69 Å². The SMILES string of the molecule is COC(=O)[C@H](CCSC)NC(=O)c1cccc2cc([N+](=O)[O-])ccc12. The van der Waals surface area contributed by atoms with Gasteiger partial charge in [-0.3, -0.25) is 14.9 Å². The number of amides is 1. The summed E-state index contributed by atoms with van der Waals surface area (Å²) in [4.78, 5) is 34.9. The molecule has 0 heterocycles. The lowest BCUT2D eigenvalue weighted by Gasteiger charge is -2.16. The van der Waals surface area contributed by atoms with Gasteiger partial charge in [-0.1, -0.05) is 12.1 Å². The first-order valence-electron chi connectivity index (χ1n) is 7.52. The van der Waals surface area contributed by atoms with Crippen LogP contribution in [0.25, 0.3) is 10.8 Å². The maximum absolute atomic E-state index is 12.6. The molecule has 0 saturated carbocycles. The summed E-state index contributed by atoms with van der Waals surface area (Å²) in [5.41, 5.74) is 0.308. The van der Waals surface area contributed by atoms with Gasteiger partial charge in [-0.2, -0.15) is 11.8 Å². The summed E-state index contributed by atoms with van der Waals surface area (Å²) in [6.45, 7) is 0. The van der Waals surface area contributed by atoms with Crippen molar-refractivity contribution >= 4 is 40.1 Å². The third-order valence-electron chi connectivity index (χ3n) is 3.72. The molecule has 0 spiro atoms. The van der Waals surface area contributed by atoms with Gasteiger partial charge < -0.3 is 10.1 Å². The van der Waals surface area contributed by atoms with Gasteiger partial charge in [0.15, 0.2) is 0 Å². The maximum atomic E-state index is 12.6. The smallest absolute Gasteiger partial charge is 0.328 e. The molecule has 0 unspecified atom stereocenters. The zero-order valence-corrected chi connectivity index (χ0v) is 14.7. The number of nitro benzene ring substituents is 1. The number of nitrogens with one attached hydrogen (secondary N) is 1. The van der Waals surface area contributed by atoms with Crippen LogP contribution in [-0.2, 0) is 9.53 Å². The van der Waals surface area contributed by atoms with Gasteiger partial charge in [0.2, 0.25) is 0 Å². The zero-order valence-electron chi connectivity index (χ0n) is 13.9. The number of non-ortho nitro benzene ring substituents is 1. The van der Waals surface area contributed by atoms with Crippen molar-refractivity contribution in [3.8, 4) is 0 Å². The summed E-state index contributed by atoms with van der Waals surface area (Å²) < 4.78 is 4.74. The van der Waals surface area contributed by atoms with Gasteiger partial charge in [0.1, 0.15) is 6.04 Å². The Morgan fingerprint density at radius 2 is 2.08 bits per heavy atom. The van der Waals surface area contributed by atoms with Crippen LogP contribution in [0.5, 0.6) is 0 Å². The predicted molar refractivity (Wildman–Crippen MR) is 96.9 cm³/mol. The van der Waals surface area contributed by atoms with Crippen LogP contribution >= 0.6 is 11.8 Å². The second-order valence-corrected chi connectivity index (χ2v) is 6.28. The zero-order chi connectivity index (χ0) is 18.4. The Bertz CT molecular complexity index is 809. The van der Waals surface area contributed by atoms with Crippen LogP contribution in [0.3, 0.4) is 0 Å². The molecule has 2 aromatic carbocycles. The average Bonchev–Trinajstić information content (AvgIpc) is 2.63. The molecule has 132 valence electrons. The molecular weight excluding hydrogens is 344 g/mol. The van der Waals surface area contributed by atoms with Crippen molar-refractivity contribution in [3.05, 3.63) is 52.1 Å². The fourth-order valence-corrected chi connectivity index (χ4v) is 2.92. The third kappa shape index (κ3) is 4.48. The van der Waals surface area contributed by atoms with E-state index in [4.69, 9.17) is 4.74 Å². The molecule has 2 aromatic rings.